The minimum atomic E-state index is -0.428. The molecule has 0 fully saturated rings. The number of hydrogen-bond acceptors (Lipinski definition) is 3. The van der Waals surface area contributed by atoms with Gasteiger partial charge in [0.1, 0.15) is 6.61 Å². The topological polar surface area (TPSA) is 58.6 Å². The van der Waals surface area contributed by atoms with Crippen molar-refractivity contribution in [1.82, 2.24) is 10.2 Å². The van der Waals surface area contributed by atoms with Gasteiger partial charge in [-0.25, -0.2) is 4.79 Å². The van der Waals surface area contributed by atoms with Gasteiger partial charge in [-0.15, -0.1) is 0 Å². The molecule has 0 aliphatic rings. The first-order valence-corrected chi connectivity index (χ1v) is 5.76. The van der Waals surface area contributed by atoms with Gasteiger partial charge in [-0.3, -0.25) is 4.79 Å². The summed E-state index contributed by atoms with van der Waals surface area (Å²) in [7, 11) is 3.17. The van der Waals surface area contributed by atoms with E-state index in [0.717, 1.165) is 5.56 Å². The lowest BCUT2D eigenvalue weighted by molar-refractivity contribution is -0.120. The van der Waals surface area contributed by atoms with Gasteiger partial charge in [0, 0.05) is 27.1 Å². The van der Waals surface area contributed by atoms with Gasteiger partial charge in [0.25, 0.3) is 0 Å². The summed E-state index contributed by atoms with van der Waals surface area (Å²) < 4.78 is 5.11. The summed E-state index contributed by atoms with van der Waals surface area (Å²) in [6, 6.07) is 9.45. The minimum absolute atomic E-state index is 0.0993. The smallest absolute Gasteiger partial charge is 0.409 e. The van der Waals surface area contributed by atoms with Gasteiger partial charge in [-0.1, -0.05) is 30.3 Å². The van der Waals surface area contributed by atoms with Crippen LogP contribution in [0.2, 0.25) is 0 Å². The largest absolute Gasteiger partial charge is 0.445 e. The maximum atomic E-state index is 11.6. The van der Waals surface area contributed by atoms with E-state index in [4.69, 9.17) is 4.74 Å². The molecule has 0 aromatic heterocycles. The van der Waals surface area contributed by atoms with Crippen molar-refractivity contribution in [2.24, 2.45) is 0 Å². The number of nitrogens with one attached hydrogen (secondary N) is 1. The Bertz CT molecular complexity index is 392. The molecule has 5 heteroatoms. The third-order valence-corrected chi connectivity index (χ3v) is 2.47. The summed E-state index contributed by atoms with van der Waals surface area (Å²) >= 11 is 0. The summed E-state index contributed by atoms with van der Waals surface area (Å²) in [5.41, 5.74) is 0.936. The molecule has 0 unspecified atom stereocenters. The fraction of sp³-hybridized carbons (Fsp3) is 0.385. The molecule has 0 saturated heterocycles. The number of carbonyl (C=O) groups excluding carboxylic acids is 2. The van der Waals surface area contributed by atoms with E-state index in [9.17, 15) is 9.59 Å². The average Bonchev–Trinajstić information content (AvgIpc) is 2.42. The van der Waals surface area contributed by atoms with E-state index < -0.39 is 6.09 Å². The van der Waals surface area contributed by atoms with Crippen LogP contribution < -0.4 is 5.32 Å². The lowest BCUT2D eigenvalue weighted by atomic mass is 10.2. The van der Waals surface area contributed by atoms with Crippen LogP contribution in [0.3, 0.4) is 0 Å². The molecule has 2 amide bonds. The van der Waals surface area contributed by atoms with Crippen molar-refractivity contribution in [3.63, 3.8) is 0 Å². The van der Waals surface area contributed by atoms with Crippen LogP contribution >= 0.6 is 0 Å². The van der Waals surface area contributed by atoms with Gasteiger partial charge < -0.3 is 15.0 Å². The molecule has 0 aliphatic heterocycles. The van der Waals surface area contributed by atoms with Crippen LogP contribution in [0.15, 0.2) is 30.3 Å². The van der Waals surface area contributed by atoms with Crippen LogP contribution in [0.1, 0.15) is 12.0 Å². The first-order chi connectivity index (χ1) is 8.63. The van der Waals surface area contributed by atoms with Crippen LogP contribution in [-0.2, 0) is 16.1 Å². The lowest BCUT2D eigenvalue weighted by Gasteiger charge is -2.16. The van der Waals surface area contributed by atoms with Crippen molar-refractivity contribution in [2.45, 2.75) is 13.0 Å². The van der Waals surface area contributed by atoms with Gasteiger partial charge in [-0.05, 0) is 5.56 Å². The predicted molar refractivity (Wildman–Crippen MR) is 67.9 cm³/mol. The highest BCUT2D eigenvalue weighted by Crippen LogP contribution is 2.02. The van der Waals surface area contributed by atoms with Crippen LogP contribution in [0.25, 0.3) is 0 Å². The van der Waals surface area contributed by atoms with E-state index in [-0.39, 0.29) is 18.9 Å². The predicted octanol–water partition coefficient (Wildman–Crippen LogP) is 1.39. The van der Waals surface area contributed by atoms with Gasteiger partial charge in [0.05, 0.1) is 0 Å². The third kappa shape index (κ3) is 4.86. The molecule has 1 N–H and O–H groups in total. The Morgan fingerprint density at radius 1 is 1.28 bits per heavy atom. The molecule has 0 atom stereocenters. The zero-order valence-electron chi connectivity index (χ0n) is 10.7. The van der Waals surface area contributed by atoms with Crippen molar-refractivity contribution in [2.75, 3.05) is 20.6 Å². The van der Waals surface area contributed by atoms with Gasteiger partial charge in [0.2, 0.25) is 5.91 Å². The molecule has 0 heterocycles. The van der Waals surface area contributed by atoms with Crippen molar-refractivity contribution in [3.8, 4) is 0 Å². The molecule has 18 heavy (non-hydrogen) atoms. The highest BCUT2D eigenvalue weighted by molar-refractivity contribution is 5.76. The summed E-state index contributed by atoms with van der Waals surface area (Å²) in [5, 5.41) is 2.50. The van der Waals surface area contributed by atoms with E-state index in [0.29, 0.717) is 6.54 Å². The molecule has 1 rings (SSSR count). The Morgan fingerprint density at radius 3 is 2.56 bits per heavy atom. The molecular weight excluding hydrogens is 232 g/mol. The molecule has 0 radical (unpaired) electrons. The molecule has 1 aromatic carbocycles. The normalized spacial score (nSPS) is 9.67. The van der Waals surface area contributed by atoms with E-state index >= 15 is 0 Å². The number of benzene rings is 1. The van der Waals surface area contributed by atoms with Crippen molar-refractivity contribution in [1.29, 1.82) is 0 Å². The van der Waals surface area contributed by atoms with Crippen molar-refractivity contribution < 1.29 is 14.3 Å². The Balaban J connectivity index is 2.30. The first kappa shape index (κ1) is 14.0. The van der Waals surface area contributed by atoms with E-state index in [1.807, 2.05) is 30.3 Å². The molecule has 5 nitrogen and oxygen atoms in total. The highest BCUT2D eigenvalue weighted by Gasteiger charge is 2.11. The number of ether oxygens (including phenoxy) is 1. The third-order valence-electron chi connectivity index (χ3n) is 2.47. The summed E-state index contributed by atoms with van der Waals surface area (Å²) in [5.74, 6) is -0.0993. The lowest BCUT2D eigenvalue weighted by Crippen LogP contribution is -2.31. The van der Waals surface area contributed by atoms with Crippen molar-refractivity contribution in [3.05, 3.63) is 35.9 Å². The maximum absolute atomic E-state index is 11.6. The SMILES string of the molecule is CNC(=O)CCN(C)C(=O)OCc1ccccc1. The maximum Gasteiger partial charge on any atom is 0.409 e. The van der Waals surface area contributed by atoms with E-state index in [2.05, 4.69) is 5.32 Å². The molecule has 0 saturated carbocycles. The average molecular weight is 250 g/mol. The standard InChI is InChI=1S/C13H18N2O3/c1-14-12(16)8-9-15(2)13(17)18-10-11-6-4-3-5-7-11/h3-7H,8-10H2,1-2H3,(H,14,16). The fourth-order valence-corrected chi connectivity index (χ4v) is 1.32. The quantitative estimate of drug-likeness (QED) is 0.859. The fourth-order valence-electron chi connectivity index (χ4n) is 1.32. The Morgan fingerprint density at radius 2 is 1.94 bits per heavy atom. The van der Waals surface area contributed by atoms with E-state index in [1.165, 1.54) is 4.90 Å². The second-order valence-corrected chi connectivity index (χ2v) is 3.88. The number of nitrogens with zero attached hydrogens (tertiary/aromatic N) is 1. The van der Waals surface area contributed by atoms with Crippen LogP contribution in [-0.4, -0.2) is 37.5 Å². The molecule has 0 bridgehead atoms. The summed E-state index contributed by atoms with van der Waals surface area (Å²) in [6.07, 6.45) is -0.157. The van der Waals surface area contributed by atoms with Crippen LogP contribution in [0.5, 0.6) is 0 Å². The van der Waals surface area contributed by atoms with Crippen LogP contribution in [0, 0.1) is 0 Å². The van der Waals surface area contributed by atoms with Crippen molar-refractivity contribution >= 4 is 12.0 Å². The van der Waals surface area contributed by atoms with Gasteiger partial charge >= 0.3 is 6.09 Å². The van der Waals surface area contributed by atoms with Gasteiger partial charge in [-0.2, -0.15) is 0 Å². The molecule has 1 aromatic rings. The Hall–Kier alpha value is -2.04. The van der Waals surface area contributed by atoms with Gasteiger partial charge in [0.15, 0.2) is 0 Å². The number of hydrogen-bond donors (Lipinski definition) is 1. The van der Waals surface area contributed by atoms with Crippen LogP contribution in [0.4, 0.5) is 4.79 Å². The Kier molecular flexibility index (Phi) is 5.70. The molecule has 0 aliphatic carbocycles. The van der Waals surface area contributed by atoms with E-state index in [1.54, 1.807) is 14.1 Å². The minimum Gasteiger partial charge on any atom is -0.445 e. The highest BCUT2D eigenvalue weighted by atomic mass is 16.6. The Labute approximate surface area is 107 Å². The number of carbonyl (C=O) groups is 2. The first-order valence-electron chi connectivity index (χ1n) is 5.76. The zero-order chi connectivity index (χ0) is 13.4. The zero-order valence-corrected chi connectivity index (χ0v) is 10.7. The molecule has 0 spiro atoms. The second-order valence-electron chi connectivity index (χ2n) is 3.88. The molecular formula is C13H18N2O3. The number of amides is 2. The summed E-state index contributed by atoms with van der Waals surface area (Å²) in [6.45, 7) is 0.581. The monoisotopic (exact) mass is 250 g/mol. The second kappa shape index (κ2) is 7.32. The molecule has 98 valence electrons. The number of rotatable bonds is 5. The summed E-state index contributed by atoms with van der Waals surface area (Å²) in [4.78, 5) is 24.0.